The van der Waals surface area contributed by atoms with Gasteiger partial charge in [-0.15, -0.1) is 0 Å². The summed E-state index contributed by atoms with van der Waals surface area (Å²) in [5.41, 5.74) is 2.39. The first-order chi connectivity index (χ1) is 12.5. The van der Waals surface area contributed by atoms with Crippen LogP contribution in [0.25, 0.3) is 0 Å². The molecule has 2 amide bonds. The second-order valence-corrected chi connectivity index (χ2v) is 5.89. The molecule has 2 N–H and O–H groups in total. The van der Waals surface area contributed by atoms with Crippen LogP contribution in [0.4, 0.5) is 5.69 Å². The number of ether oxygens (including phenoxy) is 1. The maximum atomic E-state index is 12.1. The Morgan fingerprint density at radius 2 is 1.65 bits per heavy atom. The molecule has 0 unspecified atom stereocenters. The SMILES string of the molecule is CC(=O)N[C@@H](CC(=O)OCC(=O)Nc1ccccc1C)c1ccccc1. The van der Waals surface area contributed by atoms with Crippen molar-refractivity contribution in [1.29, 1.82) is 0 Å². The van der Waals surface area contributed by atoms with E-state index in [-0.39, 0.29) is 18.9 Å². The predicted octanol–water partition coefficient (Wildman–Crippen LogP) is 2.74. The highest BCUT2D eigenvalue weighted by Crippen LogP contribution is 2.17. The molecule has 1 atom stereocenters. The van der Waals surface area contributed by atoms with E-state index >= 15 is 0 Å². The fourth-order valence-electron chi connectivity index (χ4n) is 2.45. The molecule has 0 radical (unpaired) electrons. The van der Waals surface area contributed by atoms with Crippen molar-refractivity contribution in [1.82, 2.24) is 5.32 Å². The molecule has 26 heavy (non-hydrogen) atoms. The number of aryl methyl sites for hydroxylation is 1. The number of carbonyl (C=O) groups is 3. The number of benzene rings is 2. The Morgan fingerprint density at radius 3 is 2.31 bits per heavy atom. The lowest BCUT2D eigenvalue weighted by atomic mass is 10.0. The third-order valence-electron chi connectivity index (χ3n) is 3.73. The third kappa shape index (κ3) is 6.05. The van der Waals surface area contributed by atoms with Gasteiger partial charge in [0, 0.05) is 12.6 Å². The summed E-state index contributed by atoms with van der Waals surface area (Å²) in [4.78, 5) is 35.4. The van der Waals surface area contributed by atoms with Gasteiger partial charge in [-0.2, -0.15) is 0 Å². The predicted molar refractivity (Wildman–Crippen MR) is 98.4 cm³/mol. The van der Waals surface area contributed by atoms with Crippen LogP contribution < -0.4 is 10.6 Å². The molecular weight excluding hydrogens is 332 g/mol. The molecule has 2 aromatic rings. The normalized spacial score (nSPS) is 11.3. The highest BCUT2D eigenvalue weighted by molar-refractivity contribution is 5.93. The van der Waals surface area contributed by atoms with Crippen molar-refractivity contribution < 1.29 is 19.1 Å². The minimum Gasteiger partial charge on any atom is -0.455 e. The molecular formula is C20H22N2O4. The summed E-state index contributed by atoms with van der Waals surface area (Å²) in [6, 6.07) is 16.0. The fourth-order valence-corrected chi connectivity index (χ4v) is 2.45. The number of para-hydroxylation sites is 1. The lowest BCUT2D eigenvalue weighted by molar-refractivity contribution is -0.148. The van der Waals surface area contributed by atoms with Gasteiger partial charge in [0.2, 0.25) is 5.91 Å². The molecule has 2 rings (SSSR count). The van der Waals surface area contributed by atoms with Crippen molar-refractivity contribution >= 4 is 23.5 Å². The van der Waals surface area contributed by atoms with Crippen LogP contribution in [0.2, 0.25) is 0 Å². The molecule has 0 aliphatic rings. The molecule has 2 aromatic carbocycles. The quantitative estimate of drug-likeness (QED) is 0.749. The van der Waals surface area contributed by atoms with Crippen LogP contribution in [0.3, 0.4) is 0 Å². The largest absolute Gasteiger partial charge is 0.455 e. The van der Waals surface area contributed by atoms with Gasteiger partial charge in [0.25, 0.3) is 5.91 Å². The fraction of sp³-hybridized carbons (Fsp3) is 0.250. The molecule has 0 saturated carbocycles. The Bertz CT molecular complexity index is 774. The van der Waals surface area contributed by atoms with Crippen LogP contribution in [-0.4, -0.2) is 24.4 Å². The van der Waals surface area contributed by atoms with E-state index in [1.807, 2.05) is 55.5 Å². The number of rotatable bonds is 7. The van der Waals surface area contributed by atoms with Crippen LogP contribution in [-0.2, 0) is 19.1 Å². The monoisotopic (exact) mass is 354 g/mol. The van der Waals surface area contributed by atoms with E-state index in [4.69, 9.17) is 4.74 Å². The van der Waals surface area contributed by atoms with E-state index in [1.165, 1.54) is 6.92 Å². The minimum absolute atomic E-state index is 0.0543. The van der Waals surface area contributed by atoms with Crippen molar-refractivity contribution in [2.75, 3.05) is 11.9 Å². The van der Waals surface area contributed by atoms with Crippen molar-refractivity contribution in [3.63, 3.8) is 0 Å². The minimum atomic E-state index is -0.562. The van der Waals surface area contributed by atoms with E-state index in [0.717, 1.165) is 11.1 Å². The molecule has 0 aliphatic heterocycles. The standard InChI is InChI=1S/C20H22N2O4/c1-14-8-6-7-11-17(14)22-19(24)13-26-20(25)12-18(21-15(2)23)16-9-4-3-5-10-16/h3-11,18H,12-13H2,1-2H3,(H,21,23)(H,22,24)/t18-/m0/s1. The average Bonchev–Trinajstić information content (AvgIpc) is 2.62. The molecule has 0 spiro atoms. The number of carbonyl (C=O) groups excluding carboxylic acids is 3. The summed E-state index contributed by atoms with van der Waals surface area (Å²) in [5, 5.41) is 5.42. The number of esters is 1. The zero-order valence-corrected chi connectivity index (χ0v) is 14.8. The molecule has 0 aromatic heterocycles. The van der Waals surface area contributed by atoms with Crippen molar-refractivity contribution in [3.8, 4) is 0 Å². The molecule has 6 heteroatoms. The van der Waals surface area contributed by atoms with Crippen LogP contribution >= 0.6 is 0 Å². The van der Waals surface area contributed by atoms with Gasteiger partial charge < -0.3 is 15.4 Å². The first-order valence-corrected chi connectivity index (χ1v) is 8.29. The summed E-state index contributed by atoms with van der Waals surface area (Å²) in [5.74, 6) is -1.22. The summed E-state index contributed by atoms with van der Waals surface area (Å²) < 4.78 is 5.05. The van der Waals surface area contributed by atoms with Crippen LogP contribution in [0, 0.1) is 6.92 Å². The molecule has 0 saturated heterocycles. The van der Waals surface area contributed by atoms with E-state index in [1.54, 1.807) is 6.07 Å². The zero-order valence-electron chi connectivity index (χ0n) is 14.8. The van der Waals surface area contributed by atoms with Gasteiger partial charge in [0.1, 0.15) is 0 Å². The van der Waals surface area contributed by atoms with Gasteiger partial charge in [-0.05, 0) is 24.1 Å². The lowest BCUT2D eigenvalue weighted by Crippen LogP contribution is -2.29. The van der Waals surface area contributed by atoms with Crippen LogP contribution in [0.5, 0.6) is 0 Å². The molecule has 0 aliphatic carbocycles. The van der Waals surface area contributed by atoms with Gasteiger partial charge in [-0.25, -0.2) is 0 Å². The van der Waals surface area contributed by atoms with E-state index in [0.29, 0.717) is 5.69 Å². The zero-order chi connectivity index (χ0) is 18.9. The van der Waals surface area contributed by atoms with E-state index in [2.05, 4.69) is 10.6 Å². The maximum Gasteiger partial charge on any atom is 0.308 e. The molecule has 0 heterocycles. The van der Waals surface area contributed by atoms with Gasteiger partial charge in [-0.1, -0.05) is 48.5 Å². The topological polar surface area (TPSA) is 84.5 Å². The second kappa shape index (κ2) is 9.36. The first kappa shape index (κ1) is 19.2. The van der Waals surface area contributed by atoms with Gasteiger partial charge >= 0.3 is 5.97 Å². The van der Waals surface area contributed by atoms with Gasteiger partial charge in [0.05, 0.1) is 12.5 Å². The Kier molecular flexibility index (Phi) is 6.91. The van der Waals surface area contributed by atoms with Crippen molar-refractivity contribution in [2.24, 2.45) is 0 Å². The Morgan fingerprint density at radius 1 is 1.00 bits per heavy atom. The lowest BCUT2D eigenvalue weighted by Gasteiger charge is -2.17. The molecule has 6 nitrogen and oxygen atoms in total. The Hall–Kier alpha value is -3.15. The Labute approximate surface area is 152 Å². The molecule has 0 bridgehead atoms. The summed E-state index contributed by atoms with van der Waals surface area (Å²) in [6.07, 6.45) is -0.0543. The Balaban J connectivity index is 1.88. The number of nitrogens with one attached hydrogen (secondary N) is 2. The maximum absolute atomic E-state index is 12.1. The third-order valence-corrected chi connectivity index (χ3v) is 3.73. The summed E-state index contributed by atoms with van der Waals surface area (Å²) in [7, 11) is 0. The highest BCUT2D eigenvalue weighted by Gasteiger charge is 2.18. The highest BCUT2D eigenvalue weighted by atomic mass is 16.5. The smallest absolute Gasteiger partial charge is 0.308 e. The molecule has 0 fully saturated rings. The van der Waals surface area contributed by atoms with Crippen LogP contribution in [0.15, 0.2) is 54.6 Å². The van der Waals surface area contributed by atoms with E-state index in [9.17, 15) is 14.4 Å². The van der Waals surface area contributed by atoms with Gasteiger partial charge in [0.15, 0.2) is 6.61 Å². The number of amides is 2. The summed E-state index contributed by atoms with van der Waals surface area (Å²) in [6.45, 7) is 2.88. The van der Waals surface area contributed by atoms with Crippen LogP contribution in [0.1, 0.15) is 30.5 Å². The molecule has 136 valence electrons. The number of hydrogen-bond donors (Lipinski definition) is 2. The first-order valence-electron chi connectivity index (χ1n) is 8.29. The average molecular weight is 354 g/mol. The van der Waals surface area contributed by atoms with E-state index < -0.39 is 17.9 Å². The van der Waals surface area contributed by atoms with Crippen molar-refractivity contribution in [2.45, 2.75) is 26.3 Å². The number of hydrogen-bond acceptors (Lipinski definition) is 4. The second-order valence-electron chi connectivity index (χ2n) is 5.89. The number of anilines is 1. The summed E-state index contributed by atoms with van der Waals surface area (Å²) >= 11 is 0. The van der Waals surface area contributed by atoms with Crippen molar-refractivity contribution in [3.05, 3.63) is 65.7 Å². The van der Waals surface area contributed by atoms with Gasteiger partial charge in [-0.3, -0.25) is 14.4 Å².